The monoisotopic (exact) mass is 392 g/mol. The van der Waals surface area contributed by atoms with E-state index in [9.17, 15) is 9.59 Å². The molecule has 6 nitrogen and oxygen atoms in total. The second kappa shape index (κ2) is 7.70. The number of hydrogen-bond donors (Lipinski definition) is 2. The predicted molar refractivity (Wildman–Crippen MR) is 108 cm³/mol. The van der Waals surface area contributed by atoms with Crippen LogP contribution in [0.3, 0.4) is 0 Å². The number of carbonyl (C=O) groups is 1. The number of rotatable bonds is 5. The Hall–Kier alpha value is -3.38. The highest BCUT2D eigenvalue weighted by Crippen LogP contribution is 2.22. The maximum atomic E-state index is 13.0. The molecule has 2 N–H and O–H groups in total. The molecule has 140 valence electrons. The third-order valence-corrected chi connectivity index (χ3v) is 4.74. The summed E-state index contributed by atoms with van der Waals surface area (Å²) in [6.45, 7) is 0.230. The van der Waals surface area contributed by atoms with Crippen LogP contribution < -0.4 is 10.9 Å². The smallest absolute Gasteiger partial charge is 0.248 e. The molecule has 1 atom stereocenters. The number of H-pyrrole nitrogens is 1. The molecule has 28 heavy (non-hydrogen) atoms. The molecule has 0 aliphatic rings. The number of amides is 1. The van der Waals surface area contributed by atoms with Gasteiger partial charge in [0.25, 0.3) is 0 Å². The number of fused-ring (bicyclic) bond motifs is 1. The van der Waals surface area contributed by atoms with Crippen molar-refractivity contribution in [3.63, 3.8) is 0 Å². The van der Waals surface area contributed by atoms with E-state index in [0.29, 0.717) is 10.5 Å². The summed E-state index contributed by atoms with van der Waals surface area (Å²) in [5, 5.41) is 4.31. The highest BCUT2D eigenvalue weighted by Gasteiger charge is 2.22. The summed E-state index contributed by atoms with van der Waals surface area (Å²) in [5.74, 6) is -0.185. The van der Waals surface area contributed by atoms with Gasteiger partial charge >= 0.3 is 0 Å². The van der Waals surface area contributed by atoms with Crippen molar-refractivity contribution in [1.29, 1.82) is 0 Å². The standard InChI is InChI=1S/C21H17ClN4O2/c22-17-10-15-6-7-18(27)25-19(15)16(11-17)12-24-21(28)20(26-9-8-23-13-26)14-4-2-1-3-5-14/h1-11,13,20H,12H2,(H,24,28)(H,25,27). The van der Waals surface area contributed by atoms with E-state index in [0.717, 1.165) is 16.5 Å². The number of nitrogens with zero attached hydrogens (tertiary/aromatic N) is 2. The highest BCUT2D eigenvalue weighted by atomic mass is 35.5. The predicted octanol–water partition coefficient (Wildman–Crippen LogP) is 3.28. The Labute approximate surface area is 165 Å². The van der Waals surface area contributed by atoms with E-state index in [4.69, 9.17) is 11.6 Å². The molecule has 0 aliphatic heterocycles. The SMILES string of the molecule is O=C(NCc1cc(Cl)cc2ccc(=O)[nH]c12)C(c1ccccc1)n1ccnc1. The lowest BCUT2D eigenvalue weighted by Gasteiger charge is -2.19. The molecule has 0 radical (unpaired) electrons. The average Bonchev–Trinajstić information content (AvgIpc) is 3.22. The summed E-state index contributed by atoms with van der Waals surface area (Å²) in [6.07, 6.45) is 5.01. The van der Waals surface area contributed by atoms with Gasteiger partial charge in [-0.2, -0.15) is 0 Å². The lowest BCUT2D eigenvalue weighted by atomic mass is 10.1. The first kappa shape index (κ1) is 18.0. The molecular formula is C21H17ClN4O2. The molecular weight excluding hydrogens is 376 g/mol. The van der Waals surface area contributed by atoms with Gasteiger partial charge in [-0.3, -0.25) is 9.59 Å². The number of imidazole rings is 1. The maximum Gasteiger partial charge on any atom is 0.248 e. The van der Waals surface area contributed by atoms with Gasteiger partial charge in [0.2, 0.25) is 11.5 Å². The second-order valence-electron chi connectivity index (χ2n) is 6.39. The van der Waals surface area contributed by atoms with Crippen molar-refractivity contribution < 1.29 is 4.79 Å². The first-order valence-electron chi connectivity index (χ1n) is 8.73. The van der Waals surface area contributed by atoms with Crippen molar-refractivity contribution in [1.82, 2.24) is 19.9 Å². The molecule has 0 saturated carbocycles. The normalized spacial score (nSPS) is 12.0. The van der Waals surface area contributed by atoms with Crippen LogP contribution in [-0.2, 0) is 11.3 Å². The van der Waals surface area contributed by atoms with Crippen LogP contribution in [0.25, 0.3) is 10.9 Å². The molecule has 4 rings (SSSR count). The van der Waals surface area contributed by atoms with Crippen molar-refractivity contribution in [2.75, 3.05) is 0 Å². The number of aromatic nitrogens is 3. The van der Waals surface area contributed by atoms with Crippen LogP contribution in [0.2, 0.25) is 5.02 Å². The minimum absolute atomic E-state index is 0.185. The highest BCUT2D eigenvalue weighted by molar-refractivity contribution is 6.31. The Morgan fingerprint density at radius 2 is 2.00 bits per heavy atom. The number of carbonyl (C=O) groups excluding carboxylic acids is 1. The van der Waals surface area contributed by atoms with Crippen molar-refractivity contribution in [3.8, 4) is 0 Å². The fraction of sp³-hybridized carbons (Fsp3) is 0.0952. The molecule has 1 unspecified atom stereocenters. The van der Waals surface area contributed by atoms with E-state index in [1.807, 2.05) is 30.3 Å². The van der Waals surface area contributed by atoms with Crippen molar-refractivity contribution in [2.24, 2.45) is 0 Å². The van der Waals surface area contributed by atoms with Gasteiger partial charge in [-0.05, 0) is 29.3 Å². The van der Waals surface area contributed by atoms with Gasteiger partial charge in [0.05, 0.1) is 11.8 Å². The summed E-state index contributed by atoms with van der Waals surface area (Å²) in [7, 11) is 0. The van der Waals surface area contributed by atoms with Crippen molar-refractivity contribution in [2.45, 2.75) is 12.6 Å². The van der Waals surface area contributed by atoms with Gasteiger partial charge in [0.1, 0.15) is 6.04 Å². The minimum Gasteiger partial charge on any atom is -0.350 e. The fourth-order valence-corrected chi connectivity index (χ4v) is 3.48. The largest absolute Gasteiger partial charge is 0.350 e. The zero-order chi connectivity index (χ0) is 19.5. The Kier molecular flexibility index (Phi) is 4.95. The number of aromatic amines is 1. The molecule has 1 amide bonds. The molecule has 4 aromatic rings. The summed E-state index contributed by atoms with van der Waals surface area (Å²) >= 11 is 6.20. The first-order valence-corrected chi connectivity index (χ1v) is 9.11. The van der Waals surface area contributed by atoms with Crippen LogP contribution in [0.5, 0.6) is 0 Å². The van der Waals surface area contributed by atoms with Crippen LogP contribution >= 0.6 is 11.6 Å². The van der Waals surface area contributed by atoms with E-state index in [1.165, 1.54) is 6.07 Å². The second-order valence-corrected chi connectivity index (χ2v) is 6.83. The molecule has 0 saturated heterocycles. The minimum atomic E-state index is -0.548. The zero-order valence-electron chi connectivity index (χ0n) is 14.8. The Morgan fingerprint density at radius 3 is 2.75 bits per heavy atom. The summed E-state index contributed by atoms with van der Waals surface area (Å²) in [5.41, 5.74) is 2.05. The zero-order valence-corrected chi connectivity index (χ0v) is 15.6. The molecule has 2 aromatic heterocycles. The number of benzene rings is 2. The van der Waals surface area contributed by atoms with E-state index >= 15 is 0 Å². The van der Waals surface area contributed by atoms with Crippen LogP contribution in [0, 0.1) is 0 Å². The van der Waals surface area contributed by atoms with E-state index in [1.54, 1.807) is 41.5 Å². The summed E-state index contributed by atoms with van der Waals surface area (Å²) in [4.78, 5) is 31.6. The van der Waals surface area contributed by atoms with E-state index in [2.05, 4.69) is 15.3 Å². The van der Waals surface area contributed by atoms with Crippen molar-refractivity contribution >= 4 is 28.4 Å². The Balaban J connectivity index is 1.64. The van der Waals surface area contributed by atoms with Gasteiger partial charge < -0.3 is 14.9 Å². The quantitative estimate of drug-likeness (QED) is 0.547. The van der Waals surface area contributed by atoms with E-state index < -0.39 is 6.04 Å². The Morgan fingerprint density at radius 1 is 1.18 bits per heavy atom. The number of hydrogen-bond acceptors (Lipinski definition) is 3. The molecule has 2 aromatic carbocycles. The third kappa shape index (κ3) is 3.68. The number of pyridine rings is 1. The van der Waals surface area contributed by atoms with Crippen LogP contribution in [0.15, 0.2) is 78.1 Å². The summed E-state index contributed by atoms with van der Waals surface area (Å²) in [6, 6.07) is 15.6. The fourth-order valence-electron chi connectivity index (χ4n) is 3.24. The van der Waals surface area contributed by atoms with Gasteiger partial charge in [0, 0.05) is 35.4 Å². The number of halogens is 1. The lowest BCUT2D eigenvalue weighted by molar-refractivity contribution is -0.123. The Bertz CT molecular complexity index is 1170. The summed E-state index contributed by atoms with van der Waals surface area (Å²) < 4.78 is 1.75. The molecule has 0 fully saturated rings. The average molecular weight is 393 g/mol. The van der Waals surface area contributed by atoms with Crippen molar-refractivity contribution in [3.05, 3.63) is 99.8 Å². The van der Waals surface area contributed by atoms with Crippen LogP contribution in [0.1, 0.15) is 17.2 Å². The van der Waals surface area contributed by atoms with E-state index in [-0.39, 0.29) is 18.0 Å². The molecule has 0 aliphatic carbocycles. The third-order valence-electron chi connectivity index (χ3n) is 4.52. The lowest BCUT2D eigenvalue weighted by Crippen LogP contribution is -2.32. The topological polar surface area (TPSA) is 79.8 Å². The first-order chi connectivity index (χ1) is 13.6. The molecule has 0 bridgehead atoms. The number of nitrogens with one attached hydrogen (secondary N) is 2. The van der Waals surface area contributed by atoms with Crippen LogP contribution in [-0.4, -0.2) is 20.4 Å². The van der Waals surface area contributed by atoms with Gasteiger partial charge in [-0.25, -0.2) is 4.98 Å². The molecule has 7 heteroatoms. The molecule has 0 spiro atoms. The maximum absolute atomic E-state index is 13.0. The van der Waals surface area contributed by atoms with Crippen LogP contribution in [0.4, 0.5) is 0 Å². The van der Waals surface area contributed by atoms with Gasteiger partial charge in [-0.1, -0.05) is 41.9 Å². The van der Waals surface area contributed by atoms with Gasteiger partial charge in [-0.15, -0.1) is 0 Å². The van der Waals surface area contributed by atoms with Gasteiger partial charge in [0.15, 0.2) is 0 Å². The molecule has 2 heterocycles.